The number of piperidine rings is 2. The lowest BCUT2D eigenvalue weighted by atomic mass is 9.88. The number of nitrogens with one attached hydrogen (secondary N) is 3. The summed E-state index contributed by atoms with van der Waals surface area (Å²) in [7, 11) is -2.70. The van der Waals surface area contributed by atoms with E-state index in [0.717, 1.165) is 40.5 Å². The number of ether oxygens (including phenoxy) is 1. The number of likely N-dealkylation sites (tertiary alicyclic amines) is 1. The monoisotopic (exact) mass is 936 g/mol. The van der Waals surface area contributed by atoms with Crippen LogP contribution >= 0.6 is 0 Å². The van der Waals surface area contributed by atoms with Gasteiger partial charge in [-0.15, -0.1) is 0 Å². The number of aromatic nitrogens is 4. The van der Waals surface area contributed by atoms with Gasteiger partial charge in [0.15, 0.2) is 11.6 Å². The van der Waals surface area contributed by atoms with Crippen molar-refractivity contribution in [3.8, 4) is 23.3 Å². The highest BCUT2D eigenvalue weighted by atomic mass is 32.2. The first-order valence-corrected chi connectivity index (χ1v) is 23.3. The van der Waals surface area contributed by atoms with Gasteiger partial charge < -0.3 is 25.0 Å². The van der Waals surface area contributed by atoms with E-state index in [1.165, 1.54) is 48.5 Å². The van der Waals surface area contributed by atoms with Crippen LogP contribution in [0.2, 0.25) is 0 Å². The third-order valence-corrected chi connectivity index (χ3v) is 14.0. The van der Waals surface area contributed by atoms with Crippen molar-refractivity contribution in [2.24, 2.45) is 0 Å². The molecule has 20 nitrogen and oxygen atoms in total. The number of imide groups is 1. The van der Waals surface area contributed by atoms with E-state index in [-0.39, 0.29) is 53.6 Å². The molecule has 22 heteroatoms. The molecule has 5 heterocycles. The average Bonchev–Trinajstić information content (AvgIpc) is 3.34. The van der Waals surface area contributed by atoms with Gasteiger partial charge in [-0.25, -0.2) is 19.3 Å². The van der Waals surface area contributed by atoms with Crippen molar-refractivity contribution in [1.29, 1.82) is 5.26 Å². The van der Waals surface area contributed by atoms with Gasteiger partial charge in [-0.05, 0) is 86.3 Å². The average molecular weight is 937 g/mol. The molecule has 3 saturated heterocycles. The van der Waals surface area contributed by atoms with Crippen LogP contribution in [0.1, 0.15) is 49.7 Å². The molecule has 0 spiro atoms. The smallest absolute Gasteiger partial charge is 0.301 e. The Bertz CT molecular complexity index is 2880. The van der Waals surface area contributed by atoms with Crippen LogP contribution in [0.25, 0.3) is 16.6 Å². The number of hydrogen-bond acceptors (Lipinski definition) is 15. The van der Waals surface area contributed by atoms with Crippen molar-refractivity contribution < 1.29 is 37.0 Å². The van der Waals surface area contributed by atoms with Gasteiger partial charge in [0, 0.05) is 51.9 Å². The molecule has 8 rings (SSSR count). The largest absolute Gasteiger partial charge is 0.453 e. The maximum Gasteiger partial charge on any atom is 0.301 e. The highest BCUT2D eigenvalue weighted by Gasteiger charge is 2.34. The fourth-order valence-corrected chi connectivity index (χ4v) is 9.37. The number of halogens is 1. The highest BCUT2D eigenvalue weighted by Crippen LogP contribution is 2.35. The Morgan fingerprint density at radius 2 is 1.72 bits per heavy atom. The minimum absolute atomic E-state index is 0.00777. The molecule has 0 aliphatic carbocycles. The standard InChI is InChI=1S/C45H49FN12O8S/c1-3-54(2)67(64,65)53-37-11-9-35(46)41(34(37)23-47)66-32-8-10-36-33(22-32)43(62)58(27-50-36)31-24-48-45(49-25-31)57-20-18-56(19-21-57)44(63)39(26-59)55-16-14-29(15-17-55)28-4-6-30(7-5-28)51-38-12-13-40(60)52-42(38)61/h4-11,22,24-25,27,29,38-39,51,53,59H,3,12-21,26H2,1-2H3,(H,52,60,61). The maximum absolute atomic E-state index is 15.1. The molecular formula is C45H49FN12O8S. The normalized spacial score (nSPS) is 17.8. The Morgan fingerprint density at radius 1 is 1.00 bits per heavy atom. The summed E-state index contributed by atoms with van der Waals surface area (Å²) in [6.45, 7) is 4.44. The molecule has 0 radical (unpaired) electrons. The number of carbonyl (C=O) groups is 3. The van der Waals surface area contributed by atoms with E-state index in [0.29, 0.717) is 69.3 Å². The summed E-state index contributed by atoms with van der Waals surface area (Å²) in [5, 5.41) is 26.0. The van der Waals surface area contributed by atoms with Gasteiger partial charge in [-0.1, -0.05) is 19.1 Å². The van der Waals surface area contributed by atoms with Crippen LogP contribution in [0.5, 0.6) is 11.5 Å². The Hall–Kier alpha value is -7.06. The number of carbonyl (C=O) groups excluding carboxylic acids is 3. The summed E-state index contributed by atoms with van der Waals surface area (Å²) in [6.07, 6.45) is 6.66. The molecule has 3 aliphatic rings. The SMILES string of the molecule is CCN(C)S(=O)(=O)Nc1ccc(F)c(Oc2ccc3ncn(-c4cnc(N5CCN(C(=O)C(CO)N6CCC(c7ccc(NC8CCC(=O)NC8=O)cc7)CC6)CC5)nc4)c(=O)c3c2)c1C#N. The summed E-state index contributed by atoms with van der Waals surface area (Å²) in [5.41, 5.74) is 1.49. The van der Waals surface area contributed by atoms with Gasteiger partial charge in [-0.2, -0.15) is 18.0 Å². The molecule has 67 heavy (non-hydrogen) atoms. The minimum Gasteiger partial charge on any atom is -0.453 e. The first-order valence-electron chi connectivity index (χ1n) is 21.8. The van der Waals surface area contributed by atoms with Gasteiger partial charge in [0.05, 0.1) is 41.3 Å². The van der Waals surface area contributed by atoms with Crippen molar-refractivity contribution in [3.05, 3.63) is 101 Å². The van der Waals surface area contributed by atoms with Gasteiger partial charge in [0.1, 0.15) is 35.8 Å². The molecule has 5 aromatic rings. The number of benzene rings is 3. The number of fused-ring (bicyclic) bond motifs is 1. The van der Waals surface area contributed by atoms with E-state index in [1.807, 2.05) is 29.2 Å². The van der Waals surface area contributed by atoms with Crippen LogP contribution in [0.3, 0.4) is 0 Å². The molecule has 2 unspecified atom stereocenters. The summed E-state index contributed by atoms with van der Waals surface area (Å²) >= 11 is 0. The van der Waals surface area contributed by atoms with Crippen LogP contribution in [0, 0.1) is 17.1 Å². The number of hydrogen-bond donors (Lipinski definition) is 4. The van der Waals surface area contributed by atoms with E-state index < -0.39 is 45.0 Å². The number of aliphatic hydroxyl groups is 1. The molecular weight excluding hydrogens is 888 g/mol. The second kappa shape index (κ2) is 19.8. The second-order valence-electron chi connectivity index (χ2n) is 16.5. The van der Waals surface area contributed by atoms with E-state index in [2.05, 4.69) is 35.2 Å². The molecule has 3 aromatic carbocycles. The number of amides is 3. The van der Waals surface area contributed by atoms with E-state index in [4.69, 9.17) is 4.74 Å². The van der Waals surface area contributed by atoms with E-state index >= 15 is 4.39 Å². The third kappa shape index (κ3) is 10.0. The zero-order chi connectivity index (χ0) is 47.4. The fourth-order valence-electron chi connectivity index (χ4n) is 8.42. The van der Waals surface area contributed by atoms with Gasteiger partial charge in [-0.3, -0.25) is 38.7 Å². The molecule has 3 amide bonds. The minimum atomic E-state index is -4.04. The second-order valence-corrected chi connectivity index (χ2v) is 18.2. The van der Waals surface area contributed by atoms with Crippen LogP contribution in [0.4, 0.5) is 21.7 Å². The first kappa shape index (κ1) is 46.5. The van der Waals surface area contributed by atoms with E-state index in [1.54, 1.807) is 17.9 Å². The van der Waals surface area contributed by atoms with Crippen LogP contribution in [-0.2, 0) is 24.6 Å². The number of nitriles is 1. The predicted octanol–water partition coefficient (Wildman–Crippen LogP) is 2.69. The lowest BCUT2D eigenvalue weighted by molar-refractivity contribution is -0.139. The fraction of sp³-hybridized carbons (Fsp3) is 0.378. The molecule has 350 valence electrons. The highest BCUT2D eigenvalue weighted by molar-refractivity contribution is 7.90. The van der Waals surface area contributed by atoms with E-state index in [9.17, 15) is 38.0 Å². The molecule has 0 saturated carbocycles. The number of piperazine rings is 1. The zero-order valence-corrected chi connectivity index (χ0v) is 37.6. The topological polar surface area (TPSA) is 248 Å². The summed E-state index contributed by atoms with van der Waals surface area (Å²) in [4.78, 5) is 70.3. The summed E-state index contributed by atoms with van der Waals surface area (Å²) in [6, 6.07) is 15.0. The zero-order valence-electron chi connectivity index (χ0n) is 36.8. The molecule has 2 aromatic heterocycles. The van der Waals surface area contributed by atoms with Gasteiger partial charge in [0.25, 0.3) is 5.56 Å². The van der Waals surface area contributed by atoms with Crippen LogP contribution in [0.15, 0.2) is 78.1 Å². The number of rotatable bonds is 14. The number of anilines is 3. The Morgan fingerprint density at radius 3 is 2.37 bits per heavy atom. The van der Waals surface area contributed by atoms with Crippen LogP contribution in [-0.4, -0.2) is 136 Å². The third-order valence-electron chi connectivity index (χ3n) is 12.4. The van der Waals surface area contributed by atoms with Crippen molar-refractivity contribution in [2.75, 3.05) is 74.4 Å². The van der Waals surface area contributed by atoms with Crippen molar-refractivity contribution >= 4 is 56.2 Å². The van der Waals surface area contributed by atoms with Gasteiger partial charge >= 0.3 is 10.2 Å². The number of nitrogens with zero attached hydrogens (tertiary/aromatic N) is 9. The van der Waals surface area contributed by atoms with Crippen LogP contribution < -0.4 is 30.6 Å². The summed E-state index contributed by atoms with van der Waals surface area (Å²) < 4.78 is 50.7. The molecule has 0 bridgehead atoms. The maximum atomic E-state index is 15.1. The number of aliphatic hydroxyl groups excluding tert-OH is 1. The Labute approximate surface area is 385 Å². The molecule has 3 aliphatic heterocycles. The molecule has 3 fully saturated rings. The molecule has 4 N–H and O–H groups in total. The Balaban J connectivity index is 0.863. The lowest BCUT2D eigenvalue weighted by Gasteiger charge is -2.40. The summed E-state index contributed by atoms with van der Waals surface area (Å²) in [5.74, 6) is -1.50. The van der Waals surface area contributed by atoms with Crippen molar-refractivity contribution in [1.82, 2.24) is 38.9 Å². The van der Waals surface area contributed by atoms with Crippen molar-refractivity contribution in [2.45, 2.75) is 50.6 Å². The van der Waals surface area contributed by atoms with Gasteiger partial charge in [0.2, 0.25) is 23.7 Å². The lowest BCUT2D eigenvalue weighted by Crippen LogP contribution is -2.57. The Kier molecular flexibility index (Phi) is 13.7. The predicted molar refractivity (Wildman–Crippen MR) is 244 cm³/mol. The quantitative estimate of drug-likeness (QED) is 0.117. The molecule has 2 atom stereocenters. The first-order chi connectivity index (χ1) is 32.3. The van der Waals surface area contributed by atoms with Crippen molar-refractivity contribution in [3.63, 3.8) is 0 Å².